The number of carbonyl (C=O) groups excluding carboxylic acids is 1. The van der Waals surface area contributed by atoms with Gasteiger partial charge in [-0.1, -0.05) is 31.2 Å². The van der Waals surface area contributed by atoms with Gasteiger partial charge in [0.1, 0.15) is 18.4 Å². The number of carboxylic acid groups (broad SMARTS) is 1. The molecule has 0 spiro atoms. The summed E-state index contributed by atoms with van der Waals surface area (Å²) in [5.41, 5.74) is 5.12. The highest BCUT2D eigenvalue weighted by Crippen LogP contribution is 2.31. The Hall–Kier alpha value is -3.32. The standard InChI is InChI=1S/C27H30N2O4S/c1-4-19-14-24(26(30)29-25(27(31)32)11-13-34-3)23(22-10-6-5-8-18(22)2)15-20(19)17-33-21-9-7-12-28-16-21/h5-10,12,14-16,25H,4,11,13,17H2,1-3H3,(H,29,30)(H,31,32)/t25-/m0/s1. The first kappa shape index (κ1) is 25.3. The maximum absolute atomic E-state index is 13.4. The van der Waals surface area contributed by atoms with Gasteiger partial charge in [-0.2, -0.15) is 11.8 Å². The molecule has 3 aromatic rings. The Labute approximate surface area is 204 Å². The molecule has 1 amide bonds. The molecule has 0 saturated heterocycles. The van der Waals surface area contributed by atoms with Crippen LogP contribution in [-0.4, -0.2) is 40.0 Å². The van der Waals surface area contributed by atoms with Crippen molar-refractivity contribution in [2.24, 2.45) is 0 Å². The van der Waals surface area contributed by atoms with Crippen molar-refractivity contribution in [3.8, 4) is 16.9 Å². The number of nitrogens with zero attached hydrogens (tertiary/aromatic N) is 1. The number of amides is 1. The molecule has 178 valence electrons. The van der Waals surface area contributed by atoms with Gasteiger partial charge in [0.15, 0.2) is 0 Å². The van der Waals surface area contributed by atoms with Crippen LogP contribution in [0.4, 0.5) is 0 Å². The van der Waals surface area contributed by atoms with Crippen LogP contribution in [0.25, 0.3) is 11.1 Å². The Bertz CT molecular complexity index is 1130. The van der Waals surface area contributed by atoms with E-state index in [1.807, 2.05) is 68.6 Å². The van der Waals surface area contributed by atoms with Gasteiger partial charge in [0.2, 0.25) is 0 Å². The number of thioether (sulfide) groups is 1. The molecule has 0 unspecified atom stereocenters. The van der Waals surface area contributed by atoms with Crippen LogP contribution in [0, 0.1) is 6.92 Å². The maximum Gasteiger partial charge on any atom is 0.326 e. The Kier molecular flexibility index (Phi) is 9.10. The Balaban J connectivity index is 2.02. The van der Waals surface area contributed by atoms with Gasteiger partial charge in [0.25, 0.3) is 5.91 Å². The lowest BCUT2D eigenvalue weighted by Crippen LogP contribution is -2.41. The molecule has 0 aliphatic rings. The smallest absolute Gasteiger partial charge is 0.326 e. The number of hydrogen-bond donors (Lipinski definition) is 2. The van der Waals surface area contributed by atoms with Gasteiger partial charge in [-0.3, -0.25) is 9.78 Å². The number of hydrogen-bond acceptors (Lipinski definition) is 5. The molecule has 7 heteroatoms. The second-order valence-electron chi connectivity index (χ2n) is 7.96. The first-order valence-electron chi connectivity index (χ1n) is 11.2. The zero-order valence-electron chi connectivity index (χ0n) is 19.7. The molecule has 1 heterocycles. The van der Waals surface area contributed by atoms with Crippen molar-refractivity contribution in [2.75, 3.05) is 12.0 Å². The second kappa shape index (κ2) is 12.2. The Morgan fingerprint density at radius 3 is 2.56 bits per heavy atom. The van der Waals surface area contributed by atoms with Crippen LogP contribution in [-0.2, 0) is 17.8 Å². The van der Waals surface area contributed by atoms with E-state index in [1.165, 1.54) is 0 Å². The van der Waals surface area contributed by atoms with Gasteiger partial charge in [0, 0.05) is 11.8 Å². The lowest BCUT2D eigenvalue weighted by molar-refractivity contribution is -0.139. The molecule has 1 atom stereocenters. The summed E-state index contributed by atoms with van der Waals surface area (Å²) in [5.74, 6) is -0.104. The molecule has 0 bridgehead atoms. The number of pyridine rings is 1. The van der Waals surface area contributed by atoms with Crippen molar-refractivity contribution in [3.05, 3.63) is 83.2 Å². The van der Waals surface area contributed by atoms with E-state index in [9.17, 15) is 14.7 Å². The average Bonchev–Trinajstić information content (AvgIpc) is 2.85. The number of aromatic nitrogens is 1. The predicted octanol–water partition coefficient (Wildman–Crippen LogP) is 5.13. The van der Waals surface area contributed by atoms with E-state index in [-0.39, 0.29) is 5.91 Å². The van der Waals surface area contributed by atoms with Crippen LogP contribution in [0.1, 0.15) is 40.4 Å². The number of aliphatic carboxylic acids is 1. The van der Waals surface area contributed by atoms with Crippen LogP contribution in [0.5, 0.6) is 5.75 Å². The van der Waals surface area contributed by atoms with E-state index in [4.69, 9.17) is 4.74 Å². The lowest BCUT2D eigenvalue weighted by atomic mass is 9.90. The third kappa shape index (κ3) is 6.38. The summed E-state index contributed by atoms with van der Waals surface area (Å²) in [6.45, 7) is 4.35. The second-order valence-corrected chi connectivity index (χ2v) is 8.94. The largest absolute Gasteiger partial charge is 0.487 e. The monoisotopic (exact) mass is 478 g/mol. The fraction of sp³-hybridized carbons (Fsp3) is 0.296. The molecule has 0 saturated carbocycles. The fourth-order valence-electron chi connectivity index (χ4n) is 3.76. The van der Waals surface area contributed by atoms with E-state index < -0.39 is 12.0 Å². The molecule has 3 rings (SSSR count). The number of aryl methyl sites for hydroxylation is 2. The molecular weight excluding hydrogens is 448 g/mol. The van der Waals surface area contributed by atoms with Gasteiger partial charge in [0.05, 0.1) is 6.20 Å². The topological polar surface area (TPSA) is 88.5 Å². The first-order valence-corrected chi connectivity index (χ1v) is 12.6. The zero-order valence-corrected chi connectivity index (χ0v) is 20.5. The normalized spacial score (nSPS) is 11.6. The highest BCUT2D eigenvalue weighted by Gasteiger charge is 2.23. The van der Waals surface area contributed by atoms with Gasteiger partial charge >= 0.3 is 5.97 Å². The van der Waals surface area contributed by atoms with Crippen LogP contribution >= 0.6 is 11.8 Å². The van der Waals surface area contributed by atoms with E-state index in [0.29, 0.717) is 36.5 Å². The highest BCUT2D eigenvalue weighted by molar-refractivity contribution is 7.98. The third-order valence-electron chi connectivity index (χ3n) is 5.64. The zero-order chi connectivity index (χ0) is 24.5. The predicted molar refractivity (Wildman–Crippen MR) is 136 cm³/mol. The third-order valence-corrected chi connectivity index (χ3v) is 6.29. The van der Waals surface area contributed by atoms with Gasteiger partial charge in [-0.15, -0.1) is 0 Å². The quantitative estimate of drug-likeness (QED) is 0.397. The minimum atomic E-state index is -1.03. The van der Waals surface area contributed by atoms with Crippen molar-refractivity contribution in [1.29, 1.82) is 0 Å². The minimum absolute atomic E-state index is 0.334. The summed E-state index contributed by atoms with van der Waals surface area (Å²) >= 11 is 1.55. The lowest BCUT2D eigenvalue weighted by Gasteiger charge is -2.20. The number of carboxylic acids is 1. The van der Waals surface area contributed by atoms with Gasteiger partial charge < -0.3 is 15.2 Å². The number of nitrogens with one attached hydrogen (secondary N) is 1. The molecule has 1 aromatic heterocycles. The molecule has 0 fully saturated rings. The summed E-state index contributed by atoms with van der Waals surface area (Å²) in [5, 5.41) is 12.3. The summed E-state index contributed by atoms with van der Waals surface area (Å²) in [6.07, 6.45) is 6.33. The SMILES string of the molecule is CCc1cc(C(=O)N[C@@H](CCSC)C(=O)O)c(-c2ccccc2C)cc1COc1cccnc1. The molecular formula is C27H30N2O4S. The number of rotatable bonds is 11. The summed E-state index contributed by atoms with van der Waals surface area (Å²) < 4.78 is 5.95. The Morgan fingerprint density at radius 1 is 1.12 bits per heavy atom. The van der Waals surface area contributed by atoms with Crippen molar-refractivity contribution >= 4 is 23.6 Å². The van der Waals surface area contributed by atoms with Crippen LogP contribution in [0.3, 0.4) is 0 Å². The molecule has 0 aliphatic heterocycles. The van der Waals surface area contributed by atoms with E-state index in [1.54, 1.807) is 24.2 Å². The van der Waals surface area contributed by atoms with Gasteiger partial charge in [-0.25, -0.2) is 4.79 Å². The molecule has 2 aromatic carbocycles. The van der Waals surface area contributed by atoms with Crippen molar-refractivity contribution in [2.45, 2.75) is 39.3 Å². The van der Waals surface area contributed by atoms with Crippen LogP contribution < -0.4 is 10.1 Å². The summed E-state index contributed by atoms with van der Waals surface area (Å²) in [7, 11) is 0. The summed E-state index contributed by atoms with van der Waals surface area (Å²) in [4.78, 5) is 29.2. The highest BCUT2D eigenvalue weighted by atomic mass is 32.2. The average molecular weight is 479 g/mol. The molecule has 34 heavy (non-hydrogen) atoms. The minimum Gasteiger partial charge on any atom is -0.487 e. The van der Waals surface area contributed by atoms with E-state index >= 15 is 0 Å². The molecule has 0 radical (unpaired) electrons. The van der Waals surface area contributed by atoms with E-state index in [0.717, 1.165) is 27.8 Å². The first-order chi connectivity index (χ1) is 16.4. The van der Waals surface area contributed by atoms with Crippen molar-refractivity contribution < 1.29 is 19.4 Å². The maximum atomic E-state index is 13.4. The van der Waals surface area contributed by atoms with Crippen LogP contribution in [0.15, 0.2) is 60.9 Å². The van der Waals surface area contributed by atoms with Gasteiger partial charge in [-0.05, 0) is 83.9 Å². The fourth-order valence-corrected chi connectivity index (χ4v) is 4.23. The summed E-state index contributed by atoms with van der Waals surface area (Å²) in [6, 6.07) is 14.4. The molecule has 0 aliphatic carbocycles. The van der Waals surface area contributed by atoms with Crippen LogP contribution in [0.2, 0.25) is 0 Å². The van der Waals surface area contributed by atoms with Crippen molar-refractivity contribution in [1.82, 2.24) is 10.3 Å². The number of ether oxygens (including phenoxy) is 1. The molecule has 2 N–H and O–H groups in total. The van der Waals surface area contributed by atoms with Crippen molar-refractivity contribution in [3.63, 3.8) is 0 Å². The molecule has 6 nitrogen and oxygen atoms in total. The van der Waals surface area contributed by atoms with E-state index in [2.05, 4.69) is 10.3 Å². The Morgan fingerprint density at radius 2 is 1.91 bits per heavy atom. The number of carbonyl (C=O) groups is 2. The number of benzene rings is 2.